The number of rotatable bonds is 5. The molecular weight excluding hydrogens is 306 g/mol. The van der Waals surface area contributed by atoms with E-state index in [4.69, 9.17) is 4.74 Å². The molecule has 1 aromatic carbocycles. The van der Waals surface area contributed by atoms with Crippen molar-refractivity contribution in [3.05, 3.63) is 24.3 Å². The van der Waals surface area contributed by atoms with Crippen molar-refractivity contribution in [1.29, 1.82) is 0 Å². The van der Waals surface area contributed by atoms with E-state index < -0.39 is 6.04 Å². The second kappa shape index (κ2) is 7.55. The van der Waals surface area contributed by atoms with Crippen molar-refractivity contribution in [2.45, 2.75) is 51.6 Å². The molecule has 2 N–H and O–H groups in total. The van der Waals surface area contributed by atoms with Crippen LogP contribution in [-0.4, -0.2) is 42.1 Å². The lowest BCUT2D eigenvalue weighted by molar-refractivity contribution is -0.126. The average Bonchev–Trinajstić information content (AvgIpc) is 3.04. The lowest BCUT2D eigenvalue weighted by Crippen LogP contribution is -2.53. The smallest absolute Gasteiger partial charge is 0.322 e. The molecule has 6 nitrogen and oxygen atoms in total. The van der Waals surface area contributed by atoms with Crippen molar-refractivity contribution in [3.63, 3.8) is 0 Å². The molecule has 0 aromatic heterocycles. The number of amides is 3. The number of nitrogens with one attached hydrogen (secondary N) is 2. The van der Waals surface area contributed by atoms with E-state index in [1.165, 1.54) is 0 Å². The SMILES string of the molecule is CCC(C)(C)NC(=O)[C@@H]1CCCN1C(=O)Nc1cccc(OC)c1. The average molecular weight is 333 g/mol. The molecule has 1 saturated heterocycles. The molecule has 0 unspecified atom stereocenters. The summed E-state index contributed by atoms with van der Waals surface area (Å²) in [5.74, 6) is 0.591. The van der Waals surface area contributed by atoms with Gasteiger partial charge in [-0.25, -0.2) is 4.79 Å². The molecule has 0 bridgehead atoms. The van der Waals surface area contributed by atoms with Gasteiger partial charge in [-0.05, 0) is 45.2 Å². The predicted octanol–water partition coefficient (Wildman–Crippen LogP) is 3.00. The van der Waals surface area contributed by atoms with Gasteiger partial charge in [-0.2, -0.15) is 0 Å². The van der Waals surface area contributed by atoms with Gasteiger partial charge in [0.05, 0.1) is 7.11 Å². The molecule has 1 aromatic rings. The van der Waals surface area contributed by atoms with Crippen LogP contribution in [-0.2, 0) is 4.79 Å². The van der Waals surface area contributed by atoms with Crippen LogP contribution in [0.25, 0.3) is 0 Å². The van der Waals surface area contributed by atoms with Gasteiger partial charge < -0.3 is 20.3 Å². The minimum atomic E-state index is -0.415. The quantitative estimate of drug-likeness (QED) is 0.870. The Balaban J connectivity index is 2.03. The van der Waals surface area contributed by atoms with Gasteiger partial charge >= 0.3 is 6.03 Å². The molecular formula is C18H27N3O3. The van der Waals surface area contributed by atoms with Crippen molar-refractivity contribution in [1.82, 2.24) is 10.2 Å². The first-order valence-electron chi connectivity index (χ1n) is 8.40. The minimum absolute atomic E-state index is 0.0832. The van der Waals surface area contributed by atoms with E-state index in [-0.39, 0.29) is 17.5 Å². The number of hydrogen-bond donors (Lipinski definition) is 2. The Hall–Kier alpha value is -2.24. The highest BCUT2D eigenvalue weighted by molar-refractivity contribution is 5.94. The van der Waals surface area contributed by atoms with E-state index in [1.807, 2.05) is 32.9 Å². The van der Waals surface area contributed by atoms with Gasteiger partial charge in [-0.3, -0.25) is 4.79 Å². The normalized spacial score (nSPS) is 17.5. The summed E-state index contributed by atoms with van der Waals surface area (Å²) in [5.41, 5.74) is 0.383. The van der Waals surface area contributed by atoms with Crippen molar-refractivity contribution in [3.8, 4) is 5.75 Å². The fraction of sp³-hybridized carbons (Fsp3) is 0.556. The van der Waals surface area contributed by atoms with Gasteiger partial charge in [0, 0.05) is 23.8 Å². The summed E-state index contributed by atoms with van der Waals surface area (Å²) < 4.78 is 5.16. The zero-order valence-electron chi connectivity index (χ0n) is 14.9. The maximum atomic E-state index is 12.6. The van der Waals surface area contributed by atoms with E-state index in [9.17, 15) is 9.59 Å². The van der Waals surface area contributed by atoms with Crippen LogP contribution in [0.3, 0.4) is 0 Å². The summed E-state index contributed by atoms with van der Waals surface area (Å²) in [6.07, 6.45) is 2.36. The highest BCUT2D eigenvalue weighted by Gasteiger charge is 2.35. The van der Waals surface area contributed by atoms with Gasteiger partial charge in [-0.1, -0.05) is 13.0 Å². The molecule has 0 saturated carbocycles. The first-order chi connectivity index (χ1) is 11.4. The van der Waals surface area contributed by atoms with Crippen molar-refractivity contribution in [2.24, 2.45) is 0 Å². The Bertz CT molecular complexity index is 601. The summed E-state index contributed by atoms with van der Waals surface area (Å²) in [6, 6.07) is 6.51. The number of nitrogens with zero attached hydrogens (tertiary/aromatic N) is 1. The Labute approximate surface area is 143 Å². The molecule has 132 valence electrons. The van der Waals surface area contributed by atoms with E-state index in [2.05, 4.69) is 10.6 Å². The molecule has 1 atom stereocenters. The second-order valence-corrected chi connectivity index (χ2v) is 6.74. The van der Waals surface area contributed by atoms with Gasteiger partial charge in [-0.15, -0.1) is 0 Å². The first kappa shape index (κ1) is 18.1. The van der Waals surface area contributed by atoms with Crippen LogP contribution in [0.2, 0.25) is 0 Å². The molecule has 24 heavy (non-hydrogen) atoms. The summed E-state index contributed by atoms with van der Waals surface area (Å²) in [6.45, 7) is 6.59. The van der Waals surface area contributed by atoms with E-state index in [1.54, 1.807) is 24.1 Å². The number of carbonyl (C=O) groups is 2. The third-order valence-electron chi connectivity index (χ3n) is 4.48. The zero-order valence-corrected chi connectivity index (χ0v) is 14.9. The third-order valence-corrected chi connectivity index (χ3v) is 4.48. The summed E-state index contributed by atoms with van der Waals surface area (Å²) in [7, 11) is 1.58. The summed E-state index contributed by atoms with van der Waals surface area (Å²) in [5, 5.41) is 5.88. The summed E-state index contributed by atoms with van der Waals surface area (Å²) >= 11 is 0. The Morgan fingerprint density at radius 2 is 2.12 bits per heavy atom. The summed E-state index contributed by atoms with van der Waals surface area (Å²) in [4.78, 5) is 26.7. The predicted molar refractivity (Wildman–Crippen MR) is 94.3 cm³/mol. The zero-order chi connectivity index (χ0) is 17.7. The fourth-order valence-corrected chi connectivity index (χ4v) is 2.68. The lowest BCUT2D eigenvalue weighted by Gasteiger charge is -2.30. The molecule has 0 aliphatic carbocycles. The second-order valence-electron chi connectivity index (χ2n) is 6.74. The van der Waals surface area contributed by atoms with E-state index in [0.717, 1.165) is 12.8 Å². The van der Waals surface area contributed by atoms with Crippen LogP contribution in [0.15, 0.2) is 24.3 Å². The van der Waals surface area contributed by atoms with Crippen molar-refractivity contribution in [2.75, 3.05) is 19.0 Å². The molecule has 1 fully saturated rings. The van der Waals surface area contributed by atoms with Crippen molar-refractivity contribution < 1.29 is 14.3 Å². The highest BCUT2D eigenvalue weighted by atomic mass is 16.5. The third kappa shape index (κ3) is 4.40. The van der Waals surface area contributed by atoms with Crippen LogP contribution < -0.4 is 15.4 Å². The number of carbonyl (C=O) groups excluding carboxylic acids is 2. The van der Waals surface area contributed by atoms with Gasteiger partial charge in [0.2, 0.25) is 5.91 Å². The van der Waals surface area contributed by atoms with E-state index >= 15 is 0 Å². The van der Waals surface area contributed by atoms with Gasteiger partial charge in [0.1, 0.15) is 11.8 Å². The number of urea groups is 1. The maximum Gasteiger partial charge on any atom is 0.322 e. The molecule has 3 amide bonds. The van der Waals surface area contributed by atoms with Crippen LogP contribution in [0, 0.1) is 0 Å². The van der Waals surface area contributed by atoms with Crippen LogP contribution in [0.1, 0.15) is 40.0 Å². The Morgan fingerprint density at radius 1 is 1.38 bits per heavy atom. The molecule has 2 rings (SSSR count). The monoisotopic (exact) mass is 333 g/mol. The minimum Gasteiger partial charge on any atom is -0.497 e. The number of methoxy groups -OCH3 is 1. The number of ether oxygens (including phenoxy) is 1. The lowest BCUT2D eigenvalue weighted by atomic mass is 10.0. The number of likely N-dealkylation sites (tertiary alicyclic amines) is 1. The van der Waals surface area contributed by atoms with Crippen LogP contribution >= 0.6 is 0 Å². The number of benzene rings is 1. The molecule has 1 heterocycles. The number of hydrogen-bond acceptors (Lipinski definition) is 3. The number of anilines is 1. The topological polar surface area (TPSA) is 70.7 Å². The van der Waals surface area contributed by atoms with Gasteiger partial charge in [0.25, 0.3) is 0 Å². The Kier molecular flexibility index (Phi) is 5.70. The van der Waals surface area contributed by atoms with Crippen LogP contribution in [0.4, 0.5) is 10.5 Å². The fourth-order valence-electron chi connectivity index (χ4n) is 2.68. The van der Waals surface area contributed by atoms with Gasteiger partial charge in [0.15, 0.2) is 0 Å². The molecule has 0 spiro atoms. The van der Waals surface area contributed by atoms with Crippen molar-refractivity contribution >= 4 is 17.6 Å². The van der Waals surface area contributed by atoms with Crippen LogP contribution in [0.5, 0.6) is 5.75 Å². The molecule has 1 aliphatic heterocycles. The molecule has 6 heteroatoms. The maximum absolute atomic E-state index is 12.6. The standard InChI is InChI=1S/C18H27N3O3/c1-5-18(2,3)20-16(22)15-10-7-11-21(15)17(23)19-13-8-6-9-14(12-13)24-4/h6,8-9,12,15H,5,7,10-11H2,1-4H3,(H,19,23)(H,20,22)/t15-/m0/s1. The van der Waals surface area contributed by atoms with E-state index in [0.29, 0.717) is 24.4 Å². The first-order valence-corrected chi connectivity index (χ1v) is 8.40. The molecule has 0 radical (unpaired) electrons. The molecule has 1 aliphatic rings. The highest BCUT2D eigenvalue weighted by Crippen LogP contribution is 2.22. The Morgan fingerprint density at radius 3 is 2.79 bits per heavy atom. The largest absolute Gasteiger partial charge is 0.497 e.